The maximum absolute atomic E-state index is 12.1. The number of nitriles is 1. The molecule has 11 nitrogen and oxygen atoms in total. The summed E-state index contributed by atoms with van der Waals surface area (Å²) in [6.07, 6.45) is -5.61. The number of hydrogen-bond donors (Lipinski definition) is 0. The number of carbonyl (C=O) groups is 4. The average Bonchev–Trinajstić information content (AvgIpc) is 2.88. The van der Waals surface area contributed by atoms with Gasteiger partial charge in [0.25, 0.3) is 0 Å². The van der Waals surface area contributed by atoms with Crippen molar-refractivity contribution in [1.82, 2.24) is 0 Å². The molecule has 0 unspecified atom stereocenters. The third-order valence-corrected chi connectivity index (χ3v) is 5.86. The Bertz CT molecular complexity index is 1250. The molecule has 11 heteroatoms. The van der Waals surface area contributed by atoms with Gasteiger partial charge >= 0.3 is 23.9 Å². The molecule has 5 atom stereocenters. The van der Waals surface area contributed by atoms with E-state index in [0.29, 0.717) is 18.6 Å². The monoisotopic (exact) mass is 553 g/mol. The van der Waals surface area contributed by atoms with Gasteiger partial charge in [-0.05, 0) is 22.8 Å². The molecule has 1 heterocycles. The number of nitrogens with zero attached hydrogens (tertiary/aromatic N) is 1. The van der Waals surface area contributed by atoms with E-state index in [1.54, 1.807) is 12.1 Å². The van der Waals surface area contributed by atoms with Gasteiger partial charge in [0, 0.05) is 34.1 Å². The summed E-state index contributed by atoms with van der Waals surface area (Å²) in [6.45, 7) is 4.32. The fourth-order valence-electron chi connectivity index (χ4n) is 4.26. The molecule has 0 aliphatic carbocycles. The molecule has 1 aliphatic heterocycles. The zero-order valence-corrected chi connectivity index (χ0v) is 22.7. The van der Waals surface area contributed by atoms with Crippen LogP contribution in [0, 0.1) is 11.3 Å². The summed E-state index contributed by atoms with van der Waals surface area (Å²) in [5.41, 5.74) is 2.62. The summed E-state index contributed by atoms with van der Waals surface area (Å²) in [6, 6.07) is 16.8. The fourth-order valence-corrected chi connectivity index (χ4v) is 4.26. The number of esters is 4. The first kappa shape index (κ1) is 30.1. The second kappa shape index (κ2) is 14.1. The van der Waals surface area contributed by atoms with E-state index >= 15 is 0 Å². The number of hydrogen-bond acceptors (Lipinski definition) is 11. The van der Waals surface area contributed by atoms with Gasteiger partial charge in [-0.3, -0.25) is 19.2 Å². The third-order valence-electron chi connectivity index (χ3n) is 5.86. The molecule has 1 saturated heterocycles. The second-order valence-electron chi connectivity index (χ2n) is 9.12. The minimum Gasteiger partial charge on any atom is -0.463 e. The van der Waals surface area contributed by atoms with Crippen LogP contribution in [0.5, 0.6) is 5.75 Å². The van der Waals surface area contributed by atoms with Crippen molar-refractivity contribution in [2.75, 3.05) is 6.61 Å². The van der Waals surface area contributed by atoms with Crippen molar-refractivity contribution in [2.45, 2.75) is 71.2 Å². The van der Waals surface area contributed by atoms with Crippen molar-refractivity contribution in [2.24, 2.45) is 0 Å². The first-order chi connectivity index (χ1) is 19.1. The number of carbonyl (C=O) groups excluding carboxylic acids is 4. The van der Waals surface area contributed by atoms with Crippen LogP contribution in [0.15, 0.2) is 48.5 Å². The SMILES string of the molecule is CC(=O)OC[C@H]1O[C@H](Oc2ccccc2Cc2ccc(CC#N)cc2)[C@H](OC(C)=O)[C@@H](OC(C)=O)[C@@H]1OC(C)=O. The van der Waals surface area contributed by atoms with E-state index in [1.165, 1.54) is 6.92 Å². The Morgan fingerprint density at radius 1 is 0.775 bits per heavy atom. The van der Waals surface area contributed by atoms with Gasteiger partial charge in [0.1, 0.15) is 18.5 Å². The normalized spacial score (nSPS) is 21.8. The molecule has 2 aromatic rings. The lowest BCUT2D eigenvalue weighted by atomic mass is 9.97. The van der Waals surface area contributed by atoms with Crippen LogP contribution in [-0.2, 0) is 55.7 Å². The largest absolute Gasteiger partial charge is 0.463 e. The van der Waals surface area contributed by atoms with Crippen molar-refractivity contribution in [1.29, 1.82) is 5.26 Å². The molecule has 40 heavy (non-hydrogen) atoms. The Morgan fingerprint density at radius 3 is 1.95 bits per heavy atom. The fraction of sp³-hybridized carbons (Fsp3) is 0.414. The van der Waals surface area contributed by atoms with Crippen LogP contribution in [0.25, 0.3) is 0 Å². The van der Waals surface area contributed by atoms with Crippen LogP contribution in [0.4, 0.5) is 0 Å². The highest BCUT2D eigenvalue weighted by atomic mass is 16.7. The van der Waals surface area contributed by atoms with Gasteiger partial charge in [-0.2, -0.15) is 5.26 Å². The first-order valence-corrected chi connectivity index (χ1v) is 12.6. The maximum Gasteiger partial charge on any atom is 0.303 e. The Morgan fingerprint density at radius 2 is 1.35 bits per heavy atom. The van der Waals surface area contributed by atoms with Gasteiger partial charge in [-0.25, -0.2) is 0 Å². The minimum absolute atomic E-state index is 0.308. The van der Waals surface area contributed by atoms with Crippen LogP contribution < -0.4 is 4.74 Å². The lowest BCUT2D eigenvalue weighted by molar-refractivity contribution is -0.288. The van der Waals surface area contributed by atoms with Crippen molar-refractivity contribution in [3.05, 3.63) is 65.2 Å². The highest BCUT2D eigenvalue weighted by Crippen LogP contribution is 2.32. The lowest BCUT2D eigenvalue weighted by Crippen LogP contribution is -2.63. The number of ether oxygens (including phenoxy) is 6. The molecular formula is C29H31NO10. The minimum atomic E-state index is -1.34. The van der Waals surface area contributed by atoms with Gasteiger partial charge < -0.3 is 28.4 Å². The molecule has 3 rings (SSSR count). The smallest absolute Gasteiger partial charge is 0.303 e. The van der Waals surface area contributed by atoms with E-state index in [0.717, 1.165) is 37.5 Å². The van der Waals surface area contributed by atoms with Gasteiger partial charge in [0.2, 0.25) is 12.4 Å². The summed E-state index contributed by atoms with van der Waals surface area (Å²) >= 11 is 0. The first-order valence-electron chi connectivity index (χ1n) is 12.6. The van der Waals surface area contributed by atoms with E-state index in [4.69, 9.17) is 33.7 Å². The quantitative estimate of drug-likeness (QED) is 0.316. The number of rotatable bonds is 10. The van der Waals surface area contributed by atoms with Crippen LogP contribution in [0.1, 0.15) is 44.4 Å². The predicted molar refractivity (Wildman–Crippen MR) is 138 cm³/mol. The maximum atomic E-state index is 12.1. The standard InChI is InChI=1S/C29H31NO10/c1-17(31)35-16-25-26(36-18(2)32)27(37-19(3)33)28(38-20(4)34)29(40-25)39-24-8-6-5-7-23(24)15-22-11-9-21(10-12-22)13-14-30/h5-12,25-29H,13,15-16H2,1-4H3/t25-,26-,27+,28-,29+/m1/s1. The van der Waals surface area contributed by atoms with Crippen molar-refractivity contribution >= 4 is 23.9 Å². The molecule has 212 valence electrons. The predicted octanol–water partition coefficient (Wildman–Crippen LogP) is 2.81. The molecule has 0 N–H and O–H groups in total. The Kier molecular flexibility index (Phi) is 10.6. The second-order valence-corrected chi connectivity index (χ2v) is 9.12. The van der Waals surface area contributed by atoms with Gasteiger partial charge in [0.05, 0.1) is 12.5 Å². The highest BCUT2D eigenvalue weighted by Gasteiger charge is 2.53. The van der Waals surface area contributed by atoms with E-state index in [9.17, 15) is 19.2 Å². The average molecular weight is 554 g/mol. The van der Waals surface area contributed by atoms with E-state index in [2.05, 4.69) is 6.07 Å². The van der Waals surface area contributed by atoms with Crippen molar-refractivity contribution < 1.29 is 47.6 Å². The molecule has 0 aromatic heterocycles. The zero-order chi connectivity index (χ0) is 29.2. The molecule has 1 aliphatic rings. The molecule has 1 fully saturated rings. The Labute approximate surface area is 231 Å². The summed E-state index contributed by atoms with van der Waals surface area (Å²) in [7, 11) is 0. The van der Waals surface area contributed by atoms with E-state index in [1.807, 2.05) is 36.4 Å². The summed E-state index contributed by atoms with van der Waals surface area (Å²) < 4.78 is 33.7. The molecule has 0 bridgehead atoms. The van der Waals surface area contributed by atoms with Crippen molar-refractivity contribution in [3.8, 4) is 11.8 Å². The molecule has 0 amide bonds. The highest BCUT2D eigenvalue weighted by molar-refractivity contribution is 5.68. The van der Waals surface area contributed by atoms with Crippen LogP contribution in [-0.4, -0.2) is 61.2 Å². The molecule has 0 radical (unpaired) electrons. The van der Waals surface area contributed by atoms with Gasteiger partial charge in [0.15, 0.2) is 12.2 Å². The summed E-state index contributed by atoms with van der Waals surface area (Å²) in [5.74, 6) is -2.38. The van der Waals surface area contributed by atoms with Gasteiger partial charge in [-0.15, -0.1) is 0 Å². The lowest BCUT2D eigenvalue weighted by Gasteiger charge is -2.44. The van der Waals surface area contributed by atoms with Crippen molar-refractivity contribution in [3.63, 3.8) is 0 Å². The topological polar surface area (TPSA) is 147 Å². The number of benzene rings is 2. The third kappa shape index (κ3) is 8.54. The Balaban J connectivity index is 1.96. The molecular weight excluding hydrogens is 522 g/mol. The zero-order valence-electron chi connectivity index (χ0n) is 22.7. The van der Waals surface area contributed by atoms with Crippen LogP contribution >= 0.6 is 0 Å². The van der Waals surface area contributed by atoms with E-state index in [-0.39, 0.29) is 6.61 Å². The van der Waals surface area contributed by atoms with E-state index < -0.39 is 54.6 Å². The number of para-hydroxylation sites is 1. The van der Waals surface area contributed by atoms with Crippen LogP contribution in [0.3, 0.4) is 0 Å². The van der Waals surface area contributed by atoms with Crippen LogP contribution in [0.2, 0.25) is 0 Å². The summed E-state index contributed by atoms with van der Waals surface area (Å²) in [4.78, 5) is 47.6. The molecule has 2 aromatic carbocycles. The molecule has 0 spiro atoms. The van der Waals surface area contributed by atoms with Gasteiger partial charge in [-0.1, -0.05) is 42.5 Å². The molecule has 0 saturated carbocycles. The summed E-state index contributed by atoms with van der Waals surface area (Å²) in [5, 5.41) is 8.91. The Hall–Kier alpha value is -4.43.